The third-order valence-electron chi connectivity index (χ3n) is 8.57. The third kappa shape index (κ3) is 8.46. The molecule has 0 bridgehead atoms. The first-order chi connectivity index (χ1) is 20.6. The highest BCUT2D eigenvalue weighted by Crippen LogP contribution is 2.45. The lowest BCUT2D eigenvalue weighted by molar-refractivity contribution is -0.545. The second kappa shape index (κ2) is 16.8. The minimum atomic E-state index is -0.805. The Labute approximate surface area is 251 Å². The quantitative estimate of drug-likeness (QED) is 0.139. The molecular formula is C35H51F2N2O3+. The molecule has 4 rings (SSSR count). The van der Waals surface area contributed by atoms with Crippen LogP contribution in [0.2, 0.25) is 0 Å². The van der Waals surface area contributed by atoms with Gasteiger partial charge in [-0.25, -0.2) is 13.4 Å². The van der Waals surface area contributed by atoms with Gasteiger partial charge >= 0.3 is 0 Å². The number of ether oxygens (including phenoxy) is 3. The van der Waals surface area contributed by atoms with E-state index in [0.29, 0.717) is 26.4 Å². The van der Waals surface area contributed by atoms with Crippen LogP contribution >= 0.6 is 0 Å². The van der Waals surface area contributed by atoms with E-state index in [1.807, 2.05) is 0 Å². The summed E-state index contributed by atoms with van der Waals surface area (Å²) in [6, 6.07) is 6.56. The Bertz CT molecular complexity index is 1180. The second-order valence-corrected chi connectivity index (χ2v) is 11.7. The first-order valence-corrected chi connectivity index (χ1v) is 16.3. The topological polar surface area (TPSA) is 33.9 Å². The minimum Gasteiger partial charge on any atom is -0.491 e. The molecule has 0 aromatic heterocycles. The van der Waals surface area contributed by atoms with Gasteiger partial charge in [0.15, 0.2) is 35.4 Å². The number of methoxy groups -OCH3 is 1. The summed E-state index contributed by atoms with van der Waals surface area (Å²) in [4.78, 5) is 2.35. The van der Waals surface area contributed by atoms with Crippen LogP contribution in [-0.2, 0) is 17.7 Å². The van der Waals surface area contributed by atoms with Gasteiger partial charge in [0.1, 0.15) is 6.54 Å². The summed E-state index contributed by atoms with van der Waals surface area (Å²) in [6.07, 6.45) is 13.7. The standard InChI is InChI=1S/C35H51F2N2O3/c1-4-6-8-10-11-13-21-42-34-28-17-18-39(26-27-15-16-30(36)31(37)24-27)32(14-12-9-7-5-2)29(28)25-33(35(34)40-3)38-19-22-41-23-20-38/h15-16,24-25H,4-14,17-23,26H2,1-3H3/q+1. The number of benzene rings is 2. The Morgan fingerprint density at radius 2 is 1.57 bits per heavy atom. The molecule has 2 aromatic rings. The van der Waals surface area contributed by atoms with Gasteiger partial charge in [0.2, 0.25) is 0 Å². The zero-order valence-corrected chi connectivity index (χ0v) is 26.1. The Morgan fingerprint density at radius 3 is 2.29 bits per heavy atom. The van der Waals surface area contributed by atoms with Crippen molar-refractivity contribution in [3.05, 3.63) is 52.6 Å². The number of morpholine rings is 1. The van der Waals surface area contributed by atoms with Gasteiger partial charge in [0, 0.05) is 37.1 Å². The molecule has 0 spiro atoms. The lowest BCUT2D eigenvalue weighted by Crippen LogP contribution is -2.37. The van der Waals surface area contributed by atoms with E-state index in [1.54, 1.807) is 13.2 Å². The van der Waals surface area contributed by atoms with E-state index < -0.39 is 11.6 Å². The Kier molecular flexibility index (Phi) is 12.9. The van der Waals surface area contributed by atoms with Gasteiger partial charge < -0.3 is 19.1 Å². The second-order valence-electron chi connectivity index (χ2n) is 11.7. The van der Waals surface area contributed by atoms with Crippen LogP contribution < -0.4 is 14.4 Å². The van der Waals surface area contributed by atoms with Crippen LogP contribution in [-0.4, -0.2) is 56.9 Å². The maximum absolute atomic E-state index is 14.1. The van der Waals surface area contributed by atoms with Gasteiger partial charge in [-0.1, -0.05) is 65.2 Å². The Hall–Kier alpha value is -2.67. The van der Waals surface area contributed by atoms with E-state index in [4.69, 9.17) is 14.2 Å². The SMILES string of the molecule is CCCCCCCCOc1c2c(cc(N3CCOCC3)c1OC)C(CCCCCC)=[N+](Cc1ccc(F)c(F)c1)CC2. The summed E-state index contributed by atoms with van der Waals surface area (Å²) in [6.45, 7) is 9.46. The first kappa shape index (κ1) is 32.2. The van der Waals surface area contributed by atoms with E-state index in [9.17, 15) is 8.78 Å². The van der Waals surface area contributed by atoms with Crippen molar-refractivity contribution in [1.82, 2.24) is 0 Å². The van der Waals surface area contributed by atoms with Crippen molar-refractivity contribution < 1.29 is 27.6 Å². The number of hydrogen-bond donors (Lipinski definition) is 0. The van der Waals surface area contributed by atoms with E-state index in [-0.39, 0.29) is 0 Å². The predicted octanol–water partition coefficient (Wildman–Crippen LogP) is 8.08. The van der Waals surface area contributed by atoms with E-state index in [1.165, 1.54) is 80.3 Å². The monoisotopic (exact) mass is 585 g/mol. The van der Waals surface area contributed by atoms with Crippen LogP contribution in [0.4, 0.5) is 14.5 Å². The molecule has 5 nitrogen and oxygen atoms in total. The summed E-state index contributed by atoms with van der Waals surface area (Å²) < 4.78 is 48.6. The van der Waals surface area contributed by atoms with Crippen LogP contribution in [0.25, 0.3) is 0 Å². The van der Waals surface area contributed by atoms with Gasteiger partial charge in [-0.2, -0.15) is 0 Å². The van der Waals surface area contributed by atoms with Crippen LogP contribution in [0.5, 0.6) is 11.5 Å². The summed E-state index contributed by atoms with van der Waals surface area (Å²) in [5.41, 5.74) is 5.52. The molecule has 0 atom stereocenters. The van der Waals surface area contributed by atoms with E-state index in [2.05, 4.69) is 29.4 Å². The molecule has 0 N–H and O–H groups in total. The number of unbranched alkanes of at least 4 members (excludes halogenated alkanes) is 8. The van der Waals surface area contributed by atoms with Gasteiger partial charge in [-0.15, -0.1) is 0 Å². The predicted molar refractivity (Wildman–Crippen MR) is 167 cm³/mol. The maximum atomic E-state index is 14.1. The molecule has 42 heavy (non-hydrogen) atoms. The summed E-state index contributed by atoms with van der Waals surface area (Å²) in [5, 5.41) is 0. The number of nitrogens with zero attached hydrogens (tertiary/aromatic N) is 2. The van der Waals surface area contributed by atoms with Gasteiger partial charge in [-0.05, 0) is 37.1 Å². The minimum absolute atomic E-state index is 0.548. The average Bonchev–Trinajstić information content (AvgIpc) is 3.01. The van der Waals surface area contributed by atoms with Crippen molar-refractivity contribution in [2.45, 2.75) is 97.4 Å². The molecule has 0 radical (unpaired) electrons. The highest BCUT2D eigenvalue weighted by atomic mass is 19.2. The number of halogens is 2. The summed E-state index contributed by atoms with van der Waals surface area (Å²) in [5.74, 6) is 0.102. The highest BCUT2D eigenvalue weighted by molar-refractivity contribution is 6.01. The number of anilines is 1. The fourth-order valence-electron chi connectivity index (χ4n) is 6.21. The molecule has 7 heteroatoms. The van der Waals surface area contributed by atoms with Crippen molar-refractivity contribution in [1.29, 1.82) is 0 Å². The van der Waals surface area contributed by atoms with Crippen molar-refractivity contribution >= 4 is 11.4 Å². The fraction of sp³-hybridized carbons (Fsp3) is 0.629. The lowest BCUT2D eigenvalue weighted by Gasteiger charge is -2.32. The van der Waals surface area contributed by atoms with Crippen molar-refractivity contribution in [2.75, 3.05) is 51.5 Å². The van der Waals surface area contributed by atoms with Gasteiger partial charge in [0.25, 0.3) is 0 Å². The van der Waals surface area contributed by atoms with Crippen LogP contribution in [0.3, 0.4) is 0 Å². The van der Waals surface area contributed by atoms with Crippen molar-refractivity contribution in [3.8, 4) is 11.5 Å². The molecule has 1 fully saturated rings. The molecule has 2 aliphatic heterocycles. The average molecular weight is 586 g/mol. The van der Waals surface area contributed by atoms with E-state index >= 15 is 0 Å². The molecule has 0 unspecified atom stereocenters. The zero-order valence-electron chi connectivity index (χ0n) is 26.1. The molecule has 0 saturated carbocycles. The zero-order chi connectivity index (χ0) is 29.7. The van der Waals surface area contributed by atoms with Crippen LogP contribution in [0.15, 0.2) is 24.3 Å². The van der Waals surface area contributed by atoms with E-state index in [0.717, 1.165) is 68.1 Å². The summed E-state index contributed by atoms with van der Waals surface area (Å²) >= 11 is 0. The van der Waals surface area contributed by atoms with Gasteiger partial charge in [0.05, 0.1) is 38.2 Å². The first-order valence-electron chi connectivity index (χ1n) is 16.3. The molecule has 232 valence electrons. The maximum Gasteiger partial charge on any atom is 0.184 e. The number of fused-ring (bicyclic) bond motifs is 1. The normalized spacial score (nSPS) is 15.2. The van der Waals surface area contributed by atoms with Crippen LogP contribution in [0, 0.1) is 11.6 Å². The number of rotatable bonds is 17. The Morgan fingerprint density at radius 1 is 0.857 bits per heavy atom. The van der Waals surface area contributed by atoms with Crippen LogP contribution in [0.1, 0.15) is 101 Å². The smallest absolute Gasteiger partial charge is 0.184 e. The molecule has 1 saturated heterocycles. The molecule has 0 amide bonds. The van der Waals surface area contributed by atoms with Gasteiger partial charge in [-0.3, -0.25) is 0 Å². The molecule has 2 heterocycles. The lowest BCUT2D eigenvalue weighted by atomic mass is 9.90. The van der Waals surface area contributed by atoms with Crippen molar-refractivity contribution in [3.63, 3.8) is 0 Å². The largest absolute Gasteiger partial charge is 0.491 e. The molecule has 2 aromatic carbocycles. The Balaban J connectivity index is 1.72. The molecule has 2 aliphatic rings. The highest BCUT2D eigenvalue weighted by Gasteiger charge is 2.33. The number of hydrogen-bond acceptors (Lipinski definition) is 4. The molecule has 0 aliphatic carbocycles. The summed E-state index contributed by atoms with van der Waals surface area (Å²) in [7, 11) is 1.75. The van der Waals surface area contributed by atoms with Crippen molar-refractivity contribution in [2.24, 2.45) is 0 Å². The third-order valence-corrected chi connectivity index (χ3v) is 8.57. The molecular weight excluding hydrogens is 534 g/mol. The fourth-order valence-corrected chi connectivity index (χ4v) is 6.21.